The minimum Gasteiger partial charge on any atom is -0.494 e. The molecule has 1 N–H and O–H groups in total. The number of nitrogens with zero attached hydrogens (tertiary/aromatic N) is 3. The number of fused-ring (bicyclic) bond motifs is 1. The van der Waals surface area contributed by atoms with Crippen molar-refractivity contribution in [3.63, 3.8) is 0 Å². The predicted molar refractivity (Wildman–Crippen MR) is 173 cm³/mol. The highest BCUT2D eigenvalue weighted by Crippen LogP contribution is 2.45. The maximum absolute atomic E-state index is 13.9. The van der Waals surface area contributed by atoms with Crippen LogP contribution in [0, 0.1) is 27.7 Å². The minimum absolute atomic E-state index is 0.162. The van der Waals surface area contributed by atoms with Crippen molar-refractivity contribution in [2.45, 2.75) is 66.3 Å². The topological polar surface area (TPSA) is 93.5 Å². The molecule has 0 spiro atoms. The second-order valence-corrected chi connectivity index (χ2v) is 12.6. The lowest BCUT2D eigenvalue weighted by Crippen LogP contribution is -2.40. The van der Waals surface area contributed by atoms with Gasteiger partial charge in [0.15, 0.2) is 0 Å². The Kier molecular flexibility index (Phi) is 9.23. The number of hydrogen-bond acceptors (Lipinski definition) is 5. The fraction of sp³-hybridized carbons (Fsp3) is 0.412. The number of ether oxygens (including phenoxy) is 1. The predicted octanol–water partition coefficient (Wildman–Crippen LogP) is 6.10. The van der Waals surface area contributed by atoms with Gasteiger partial charge in [-0.05, 0) is 93.0 Å². The van der Waals surface area contributed by atoms with E-state index in [1.807, 2.05) is 63.7 Å². The van der Waals surface area contributed by atoms with Crippen LogP contribution in [0.1, 0.15) is 59.8 Å². The Morgan fingerprint density at radius 3 is 2.41 bits per heavy atom. The average molecular weight is 638 g/mol. The molecular formula is C34H38Cl2N4O4. The van der Waals surface area contributed by atoms with Crippen molar-refractivity contribution in [1.82, 2.24) is 20.0 Å². The zero-order chi connectivity index (χ0) is 31.9. The van der Waals surface area contributed by atoms with E-state index in [2.05, 4.69) is 10.4 Å². The molecule has 2 heterocycles. The van der Waals surface area contributed by atoms with Crippen LogP contribution < -0.4 is 10.1 Å². The second-order valence-electron chi connectivity index (χ2n) is 11.8. The zero-order valence-electron chi connectivity index (χ0n) is 26.1. The number of aromatic nitrogens is 2. The molecule has 0 unspecified atom stereocenters. The van der Waals surface area contributed by atoms with Crippen LogP contribution in [0.5, 0.6) is 5.75 Å². The maximum atomic E-state index is 13.9. The van der Waals surface area contributed by atoms with E-state index in [1.54, 1.807) is 0 Å². The summed E-state index contributed by atoms with van der Waals surface area (Å²) in [5.41, 5.74) is 9.40. The van der Waals surface area contributed by atoms with E-state index in [1.165, 1.54) is 11.8 Å². The molecule has 232 valence electrons. The smallest absolute Gasteiger partial charge is 0.289 e. The Morgan fingerprint density at radius 1 is 1.07 bits per heavy atom. The standard InChI is InChI=1S/C34H38Cl2N4O4/c1-18-14-24(15-19(2)32(18)36)44-13-7-8-25-26-9-10-29(35)31(30-20(3)38-39(6)21(30)4)27(26)16-28(25)33(42)37-23-11-12-40(17-23)34(43)22(5)41/h9-10,14-15,23H,7-8,11-13,16-17H2,1-6H3,(H,37,42)/t23-/m1/s1. The van der Waals surface area contributed by atoms with Crippen molar-refractivity contribution < 1.29 is 19.1 Å². The molecule has 1 aliphatic heterocycles. The highest BCUT2D eigenvalue weighted by Gasteiger charge is 2.34. The number of carbonyl (C=O) groups is 3. The van der Waals surface area contributed by atoms with Crippen LogP contribution in [-0.4, -0.2) is 58.0 Å². The van der Waals surface area contributed by atoms with Crippen LogP contribution in [0.25, 0.3) is 16.7 Å². The lowest BCUT2D eigenvalue weighted by atomic mass is 9.93. The van der Waals surface area contributed by atoms with E-state index in [0.29, 0.717) is 56.0 Å². The second kappa shape index (κ2) is 12.8. The quantitative estimate of drug-likeness (QED) is 0.226. The third-order valence-corrected chi connectivity index (χ3v) is 9.61. The van der Waals surface area contributed by atoms with Crippen molar-refractivity contribution in [2.75, 3.05) is 19.7 Å². The van der Waals surface area contributed by atoms with Gasteiger partial charge in [-0.15, -0.1) is 0 Å². The largest absolute Gasteiger partial charge is 0.494 e. The number of allylic oxidation sites excluding steroid dienone is 1. The molecule has 5 rings (SSSR count). The number of carbonyl (C=O) groups excluding carboxylic acids is 3. The van der Waals surface area contributed by atoms with Gasteiger partial charge in [0.1, 0.15) is 5.75 Å². The molecule has 1 fully saturated rings. The number of likely N-dealkylation sites (tertiary alicyclic amines) is 1. The lowest BCUT2D eigenvalue weighted by Gasteiger charge is -2.17. The number of hydrogen-bond donors (Lipinski definition) is 1. The summed E-state index contributed by atoms with van der Waals surface area (Å²) in [5, 5.41) is 9.13. The first-order valence-corrected chi connectivity index (χ1v) is 15.7. The Bertz CT molecular complexity index is 1680. The molecule has 0 saturated carbocycles. The highest BCUT2D eigenvalue weighted by molar-refractivity contribution is 6.35. The molecule has 10 heteroatoms. The van der Waals surface area contributed by atoms with E-state index >= 15 is 0 Å². The number of nitrogens with one attached hydrogen (secondary N) is 1. The Morgan fingerprint density at radius 2 is 1.77 bits per heavy atom. The van der Waals surface area contributed by atoms with Gasteiger partial charge in [-0.25, -0.2) is 0 Å². The van der Waals surface area contributed by atoms with E-state index in [9.17, 15) is 14.4 Å². The first-order valence-electron chi connectivity index (χ1n) is 14.9. The number of rotatable bonds is 9. The molecule has 2 aliphatic rings. The van der Waals surface area contributed by atoms with Gasteiger partial charge < -0.3 is 15.0 Å². The Hall–Kier alpha value is -3.62. The SMILES string of the molecule is CC(=O)C(=O)N1CC[C@@H](NC(=O)C2=C(CCCOc3cc(C)c(Cl)c(C)c3)c3ccc(Cl)c(-c4c(C)nn(C)c4C)c3C2)C1. The molecule has 1 atom stereocenters. The lowest BCUT2D eigenvalue weighted by molar-refractivity contribution is -0.142. The molecule has 1 aliphatic carbocycles. The number of aryl methyl sites for hydroxylation is 4. The molecule has 1 saturated heterocycles. The fourth-order valence-corrected chi connectivity index (χ4v) is 6.81. The first-order chi connectivity index (χ1) is 20.9. The molecule has 44 heavy (non-hydrogen) atoms. The van der Waals surface area contributed by atoms with Crippen LogP contribution in [0.4, 0.5) is 0 Å². The summed E-state index contributed by atoms with van der Waals surface area (Å²) < 4.78 is 7.94. The fourth-order valence-electron chi connectivity index (χ4n) is 6.43. The van der Waals surface area contributed by atoms with Gasteiger partial charge in [-0.1, -0.05) is 29.3 Å². The third-order valence-electron chi connectivity index (χ3n) is 8.70. The van der Waals surface area contributed by atoms with Crippen molar-refractivity contribution in [3.8, 4) is 16.9 Å². The van der Waals surface area contributed by atoms with Crippen molar-refractivity contribution in [2.24, 2.45) is 7.05 Å². The van der Waals surface area contributed by atoms with Gasteiger partial charge in [0.25, 0.3) is 5.91 Å². The van der Waals surface area contributed by atoms with Gasteiger partial charge in [0.05, 0.1) is 12.3 Å². The average Bonchev–Trinajstić information content (AvgIpc) is 3.65. The molecule has 0 radical (unpaired) electrons. The summed E-state index contributed by atoms with van der Waals surface area (Å²) in [7, 11) is 1.91. The molecule has 2 aromatic carbocycles. The van der Waals surface area contributed by atoms with Crippen molar-refractivity contribution in [1.29, 1.82) is 0 Å². The van der Waals surface area contributed by atoms with Gasteiger partial charge in [-0.3, -0.25) is 19.1 Å². The van der Waals surface area contributed by atoms with Crippen LogP contribution >= 0.6 is 23.2 Å². The van der Waals surface area contributed by atoms with Crippen molar-refractivity contribution >= 4 is 46.4 Å². The van der Waals surface area contributed by atoms with E-state index < -0.39 is 11.7 Å². The summed E-state index contributed by atoms with van der Waals surface area (Å²) in [6.07, 6.45) is 2.35. The monoisotopic (exact) mass is 636 g/mol. The highest BCUT2D eigenvalue weighted by atomic mass is 35.5. The summed E-state index contributed by atoms with van der Waals surface area (Å²) in [6, 6.07) is 7.56. The molecular weight excluding hydrogens is 599 g/mol. The Balaban J connectivity index is 1.42. The van der Waals surface area contributed by atoms with Crippen LogP contribution in [0.3, 0.4) is 0 Å². The van der Waals surface area contributed by atoms with Gasteiger partial charge >= 0.3 is 0 Å². The molecule has 2 amide bonds. The third kappa shape index (κ3) is 6.15. The molecule has 3 aromatic rings. The van der Waals surface area contributed by atoms with Gasteiger partial charge in [0, 0.05) is 72.0 Å². The van der Waals surface area contributed by atoms with E-state index in [4.69, 9.17) is 27.9 Å². The molecule has 8 nitrogen and oxygen atoms in total. The summed E-state index contributed by atoms with van der Waals surface area (Å²) >= 11 is 13.2. The van der Waals surface area contributed by atoms with Gasteiger partial charge in [0.2, 0.25) is 11.7 Å². The summed E-state index contributed by atoms with van der Waals surface area (Å²) in [5.74, 6) is -0.400. The van der Waals surface area contributed by atoms with Crippen LogP contribution in [-0.2, 0) is 27.9 Å². The first kappa shape index (κ1) is 31.8. The molecule has 1 aromatic heterocycles. The number of benzene rings is 2. The van der Waals surface area contributed by atoms with Crippen LogP contribution in [0.2, 0.25) is 10.0 Å². The summed E-state index contributed by atoms with van der Waals surface area (Å²) in [6.45, 7) is 10.4. The van der Waals surface area contributed by atoms with E-state index in [-0.39, 0.29) is 11.9 Å². The van der Waals surface area contributed by atoms with E-state index in [0.717, 1.165) is 61.1 Å². The number of amides is 2. The number of ketones is 1. The number of halogens is 2. The number of Topliss-reactive ketones (excluding diaryl/α,β-unsaturated/α-hetero) is 1. The zero-order valence-corrected chi connectivity index (χ0v) is 27.6. The van der Waals surface area contributed by atoms with Gasteiger partial charge in [-0.2, -0.15) is 5.10 Å². The van der Waals surface area contributed by atoms with Crippen molar-refractivity contribution in [3.05, 3.63) is 73.5 Å². The normalized spacial score (nSPS) is 16.0. The minimum atomic E-state index is -0.512. The summed E-state index contributed by atoms with van der Waals surface area (Å²) in [4.78, 5) is 39.2. The maximum Gasteiger partial charge on any atom is 0.289 e. The Labute approximate surface area is 268 Å². The van der Waals surface area contributed by atoms with Crippen LogP contribution in [0.15, 0.2) is 29.8 Å². The molecule has 0 bridgehead atoms.